The van der Waals surface area contributed by atoms with E-state index in [0.29, 0.717) is 11.8 Å². The summed E-state index contributed by atoms with van der Waals surface area (Å²) >= 11 is 0. The van der Waals surface area contributed by atoms with Crippen LogP contribution in [0.15, 0.2) is 133 Å². The summed E-state index contributed by atoms with van der Waals surface area (Å²) in [7, 11) is 0. The summed E-state index contributed by atoms with van der Waals surface area (Å²) < 4.78 is 0. The van der Waals surface area contributed by atoms with Crippen molar-refractivity contribution in [2.45, 2.75) is 121 Å². The van der Waals surface area contributed by atoms with E-state index in [1.54, 1.807) is 0 Å². The summed E-state index contributed by atoms with van der Waals surface area (Å²) in [5, 5.41) is 0. The molecule has 0 radical (unpaired) electrons. The van der Waals surface area contributed by atoms with Gasteiger partial charge in [0.1, 0.15) is 0 Å². The average molecular weight is 762 g/mol. The molecule has 0 heterocycles. The highest BCUT2D eigenvalue weighted by molar-refractivity contribution is 5.73. The maximum absolute atomic E-state index is 5.46. The van der Waals surface area contributed by atoms with Crippen LogP contribution in [-0.4, -0.2) is 13.1 Å². The molecule has 0 aliphatic rings. The van der Waals surface area contributed by atoms with Gasteiger partial charge in [-0.15, -0.1) is 25.8 Å². The molecule has 1 atom stereocenters. The molecule has 1 nitrogen and oxygen atoms in total. The van der Waals surface area contributed by atoms with Gasteiger partial charge >= 0.3 is 0 Å². The summed E-state index contributed by atoms with van der Waals surface area (Å²) in [6.45, 7) is 33.3. The zero-order chi connectivity index (χ0) is 43.3. The Hall–Kier alpha value is -5.24. The van der Waals surface area contributed by atoms with E-state index in [4.69, 9.17) is 6.42 Å². The van der Waals surface area contributed by atoms with E-state index in [0.717, 1.165) is 31.5 Å². The van der Waals surface area contributed by atoms with Crippen LogP contribution in [0.5, 0.6) is 0 Å². The van der Waals surface area contributed by atoms with Gasteiger partial charge in [-0.25, -0.2) is 0 Å². The van der Waals surface area contributed by atoms with Crippen molar-refractivity contribution in [2.24, 2.45) is 0 Å². The van der Waals surface area contributed by atoms with Crippen molar-refractivity contribution < 1.29 is 0 Å². The first-order valence-electron chi connectivity index (χ1n) is 20.8. The maximum atomic E-state index is 5.46. The molecule has 0 aliphatic carbocycles. The fourth-order valence-corrected chi connectivity index (χ4v) is 6.11. The van der Waals surface area contributed by atoms with E-state index in [1.165, 1.54) is 67.8 Å². The van der Waals surface area contributed by atoms with Gasteiger partial charge in [0.05, 0.1) is 0 Å². The predicted octanol–water partition coefficient (Wildman–Crippen LogP) is 15.8. The van der Waals surface area contributed by atoms with Crippen molar-refractivity contribution in [3.05, 3.63) is 178 Å². The highest BCUT2D eigenvalue weighted by atomic mass is 15.1. The lowest BCUT2D eigenvalue weighted by molar-refractivity contribution is 0.660. The molecular formula is C56H75N. The molecule has 0 saturated heterocycles. The quantitative estimate of drug-likeness (QED) is 0.0745. The Balaban J connectivity index is 0.000000792. The summed E-state index contributed by atoms with van der Waals surface area (Å²) in [6.07, 6.45) is 25.5. The number of benzene rings is 4. The fourth-order valence-electron chi connectivity index (χ4n) is 6.11. The Morgan fingerprint density at radius 2 is 1.25 bits per heavy atom. The van der Waals surface area contributed by atoms with Crippen LogP contribution in [0.25, 0.3) is 5.57 Å². The molecule has 0 aromatic heterocycles. The second kappa shape index (κ2) is 30.0. The second-order valence-electron chi connectivity index (χ2n) is 14.6. The molecular weight excluding hydrogens is 687 g/mol. The van der Waals surface area contributed by atoms with Gasteiger partial charge < -0.3 is 4.90 Å². The minimum absolute atomic E-state index is 0.524. The standard InChI is InChI=1S/C18H25N.C18H22.C16H20.C2H6.C2H2/c1-5-8-16(3)9-7-15-19(14-6-2)18-12-10-17(4)11-13-18;1-4-17(18-11-7-15(3)8-12-18)13-16-9-5-14(2)6-10-16;1-7-13(5)14(6)15-9-8-12(4)10-16(15)11(2)3;2*1-2/h6-13H,2,5,14-15H2,1,3-4H3;5-12,17H,4,13H2,1-3H3;1,8-11H,2-6H3;1-2H3;1-2H/b9-7-,16-8-;;14-13+;;. The molecule has 304 valence electrons. The van der Waals surface area contributed by atoms with E-state index in [-0.39, 0.29) is 0 Å². The van der Waals surface area contributed by atoms with Gasteiger partial charge in [-0.1, -0.05) is 178 Å². The number of terminal acetylenes is 2. The third kappa shape index (κ3) is 20.0. The SMILES string of the molecule is C#C.C#C/C(C)=C(\C)c1ccc(C)cc1C(C)C.C=CCN(C/C=C\C(C)=C/CC)c1ccc(C)cc1.CC.CCC(Cc1ccc(C)cc1)c1ccc(C)cc1. The predicted molar refractivity (Wildman–Crippen MR) is 259 cm³/mol. The average Bonchev–Trinajstić information content (AvgIpc) is 3.22. The minimum atomic E-state index is 0.524. The summed E-state index contributed by atoms with van der Waals surface area (Å²) in [5.74, 6) is 3.88. The Bertz CT molecular complexity index is 1850. The number of anilines is 1. The normalized spacial score (nSPS) is 11.5. The topological polar surface area (TPSA) is 3.24 Å². The van der Waals surface area contributed by atoms with Crippen LogP contribution in [0.3, 0.4) is 0 Å². The molecule has 0 aliphatic heterocycles. The van der Waals surface area contributed by atoms with Gasteiger partial charge in [0, 0.05) is 24.4 Å². The van der Waals surface area contributed by atoms with Crippen LogP contribution in [0.1, 0.15) is 131 Å². The van der Waals surface area contributed by atoms with Crippen LogP contribution >= 0.6 is 0 Å². The van der Waals surface area contributed by atoms with Gasteiger partial charge in [0.2, 0.25) is 0 Å². The van der Waals surface area contributed by atoms with Crippen LogP contribution in [0, 0.1) is 52.9 Å². The molecule has 0 fully saturated rings. The lowest BCUT2D eigenvalue weighted by Gasteiger charge is -2.21. The van der Waals surface area contributed by atoms with Crippen molar-refractivity contribution in [1.82, 2.24) is 0 Å². The minimum Gasteiger partial charge on any atom is -0.364 e. The Kier molecular flexibility index (Phi) is 27.2. The van der Waals surface area contributed by atoms with Gasteiger partial charge in [0.25, 0.3) is 0 Å². The van der Waals surface area contributed by atoms with Crippen LogP contribution < -0.4 is 4.90 Å². The Morgan fingerprint density at radius 3 is 1.72 bits per heavy atom. The van der Waals surface area contributed by atoms with Crippen LogP contribution in [0.2, 0.25) is 0 Å². The highest BCUT2D eigenvalue weighted by Crippen LogP contribution is 2.28. The van der Waals surface area contributed by atoms with Gasteiger partial charge in [-0.2, -0.15) is 0 Å². The molecule has 1 unspecified atom stereocenters. The lowest BCUT2D eigenvalue weighted by atomic mass is 9.89. The van der Waals surface area contributed by atoms with Crippen molar-refractivity contribution >= 4 is 11.3 Å². The van der Waals surface area contributed by atoms with Crippen molar-refractivity contribution in [2.75, 3.05) is 18.0 Å². The maximum Gasteiger partial charge on any atom is 0.0372 e. The zero-order valence-corrected chi connectivity index (χ0v) is 38.0. The van der Waals surface area contributed by atoms with E-state index >= 15 is 0 Å². The fraction of sp³-hybridized carbons (Fsp3) is 0.357. The largest absolute Gasteiger partial charge is 0.364 e. The first-order chi connectivity index (χ1) is 27.3. The van der Waals surface area contributed by atoms with E-state index in [1.807, 2.05) is 26.8 Å². The van der Waals surface area contributed by atoms with E-state index in [9.17, 15) is 0 Å². The van der Waals surface area contributed by atoms with Crippen molar-refractivity contribution in [1.29, 1.82) is 0 Å². The Morgan fingerprint density at radius 1 is 0.737 bits per heavy atom. The van der Waals surface area contributed by atoms with E-state index < -0.39 is 0 Å². The zero-order valence-electron chi connectivity index (χ0n) is 38.0. The van der Waals surface area contributed by atoms with Crippen molar-refractivity contribution in [3.8, 4) is 25.2 Å². The second-order valence-corrected chi connectivity index (χ2v) is 14.6. The molecule has 0 spiro atoms. The number of aryl methyl sites for hydroxylation is 4. The van der Waals surface area contributed by atoms with Crippen LogP contribution in [0.4, 0.5) is 5.69 Å². The number of nitrogens with zero attached hydrogens (tertiary/aromatic N) is 1. The summed E-state index contributed by atoms with van der Waals surface area (Å²) in [4.78, 5) is 2.31. The monoisotopic (exact) mass is 762 g/mol. The van der Waals surface area contributed by atoms with Crippen molar-refractivity contribution in [3.63, 3.8) is 0 Å². The molecule has 0 amide bonds. The van der Waals surface area contributed by atoms with Gasteiger partial charge in [-0.3, -0.25) is 0 Å². The molecule has 0 saturated carbocycles. The lowest BCUT2D eigenvalue weighted by Crippen LogP contribution is -2.23. The molecule has 4 rings (SSSR count). The number of allylic oxidation sites excluding steroid dienone is 5. The number of hydrogen-bond acceptors (Lipinski definition) is 1. The molecule has 1 heteroatoms. The van der Waals surface area contributed by atoms with E-state index in [2.05, 4.69) is 209 Å². The summed E-state index contributed by atoms with van der Waals surface area (Å²) in [6, 6.07) is 33.1. The summed E-state index contributed by atoms with van der Waals surface area (Å²) in [5.41, 5.74) is 15.6. The molecule has 4 aromatic rings. The third-order valence-electron chi connectivity index (χ3n) is 9.64. The van der Waals surface area contributed by atoms with Gasteiger partial charge in [0.15, 0.2) is 0 Å². The number of rotatable bonds is 13. The molecule has 0 bridgehead atoms. The molecule has 4 aromatic carbocycles. The molecule has 0 N–H and O–H groups in total. The Labute approximate surface area is 351 Å². The first-order valence-corrected chi connectivity index (χ1v) is 20.8. The highest BCUT2D eigenvalue weighted by Gasteiger charge is 2.11. The third-order valence-corrected chi connectivity index (χ3v) is 9.64. The van der Waals surface area contributed by atoms with Crippen LogP contribution in [-0.2, 0) is 6.42 Å². The number of hydrogen-bond donors (Lipinski definition) is 0. The van der Waals surface area contributed by atoms with Gasteiger partial charge in [-0.05, 0) is 120 Å². The molecule has 57 heavy (non-hydrogen) atoms. The first kappa shape index (κ1) is 51.8. The smallest absolute Gasteiger partial charge is 0.0372 e.